The molecule has 0 bridgehead atoms. The van der Waals surface area contributed by atoms with E-state index in [1.807, 2.05) is 84.9 Å². The summed E-state index contributed by atoms with van der Waals surface area (Å²) in [4.78, 5) is 7.01. The second-order valence-corrected chi connectivity index (χ2v) is 36.0. The first-order chi connectivity index (χ1) is 69.4. The van der Waals surface area contributed by atoms with E-state index in [-0.39, 0.29) is 0 Å². The van der Waals surface area contributed by atoms with Crippen LogP contribution in [0.25, 0.3) is 230 Å². The molecule has 0 saturated heterocycles. The SMILES string of the molecule is c1ccc(-c2ccc3c(c2)cc(N(c2ccc4c(c2)oc2ccccc24)c2ccc4c(c2)oc2ccccc24)c2ccccc23)cc1.c1ccc(-c2ccc3c(c2)cc(N(c2ccc4c(c2)oc2ccccc24)c2cccc4c2oc2ccccc24)c2ccccc23)cc1.c1coc(-c2ccc3oc4cc(N(c5ccc6c(c5)oc5ccccc56)c5cc6ccccc6c6ccccc56)ccc4c3c2)c1. The Hall–Kier alpha value is -18.9. The van der Waals surface area contributed by atoms with Crippen molar-refractivity contribution in [3.05, 3.63) is 479 Å². The molecule has 0 aliphatic rings. The molecular formula is C130H79N3O7. The van der Waals surface area contributed by atoms with Crippen LogP contribution in [0.1, 0.15) is 0 Å². The van der Waals surface area contributed by atoms with Gasteiger partial charge >= 0.3 is 0 Å². The molecule has 30 aromatic rings. The third-order valence-corrected chi connectivity index (χ3v) is 28.0. The quantitative estimate of drug-likeness (QED) is 0.110. The van der Waals surface area contributed by atoms with Crippen LogP contribution in [0.3, 0.4) is 0 Å². The first kappa shape index (κ1) is 79.6. The van der Waals surface area contributed by atoms with Crippen molar-refractivity contribution in [3.63, 3.8) is 0 Å². The second-order valence-electron chi connectivity index (χ2n) is 36.0. The minimum Gasteiger partial charge on any atom is -0.464 e. The van der Waals surface area contributed by atoms with Gasteiger partial charge in [0.25, 0.3) is 0 Å². The maximum absolute atomic E-state index is 6.65. The first-order valence-electron chi connectivity index (χ1n) is 47.3. The third-order valence-electron chi connectivity index (χ3n) is 28.0. The number of anilines is 9. The molecule has 0 N–H and O–H groups in total. The number of para-hydroxylation sites is 6. The van der Waals surface area contributed by atoms with Gasteiger partial charge in [-0.05, 0) is 228 Å². The van der Waals surface area contributed by atoms with Crippen LogP contribution in [-0.4, -0.2) is 0 Å². The molecule has 0 fully saturated rings. The number of hydrogen-bond acceptors (Lipinski definition) is 10. The Balaban J connectivity index is 0.000000103. The van der Waals surface area contributed by atoms with E-state index >= 15 is 0 Å². The Labute approximate surface area is 800 Å². The van der Waals surface area contributed by atoms with Crippen LogP contribution in [-0.2, 0) is 0 Å². The van der Waals surface area contributed by atoms with E-state index < -0.39 is 0 Å². The van der Waals surface area contributed by atoms with Crippen molar-refractivity contribution in [1.29, 1.82) is 0 Å². The maximum atomic E-state index is 6.65. The van der Waals surface area contributed by atoms with Gasteiger partial charge in [-0.15, -0.1) is 0 Å². The summed E-state index contributed by atoms with van der Waals surface area (Å²) in [6.07, 6.45) is 1.70. The zero-order valence-electron chi connectivity index (χ0n) is 75.3. The van der Waals surface area contributed by atoms with Crippen LogP contribution >= 0.6 is 0 Å². The molecular weight excluding hydrogens is 1720 g/mol. The summed E-state index contributed by atoms with van der Waals surface area (Å²) in [6.45, 7) is 0. The molecule has 0 aliphatic carbocycles. The van der Waals surface area contributed by atoms with Crippen LogP contribution in [0.4, 0.5) is 51.2 Å². The highest BCUT2D eigenvalue weighted by atomic mass is 16.4. The van der Waals surface area contributed by atoms with Crippen molar-refractivity contribution >= 4 is 247 Å². The van der Waals surface area contributed by atoms with E-state index in [4.69, 9.17) is 30.9 Å². The molecule has 0 spiro atoms. The topological polar surface area (TPSA) is 102 Å². The summed E-state index contributed by atoms with van der Waals surface area (Å²) < 4.78 is 44.4. The molecule has 23 aromatic carbocycles. The Morgan fingerprint density at radius 2 is 0.436 bits per heavy atom. The van der Waals surface area contributed by atoms with Gasteiger partial charge in [-0.3, -0.25) is 0 Å². The third kappa shape index (κ3) is 13.3. The molecule has 10 heteroatoms. The van der Waals surface area contributed by atoms with E-state index in [9.17, 15) is 0 Å². The fourth-order valence-electron chi connectivity index (χ4n) is 21.5. The fraction of sp³-hybridized carbons (Fsp3) is 0. The van der Waals surface area contributed by atoms with Gasteiger partial charge in [0, 0.05) is 139 Å². The summed E-state index contributed by atoms with van der Waals surface area (Å²) in [6, 6.07) is 167. The fourth-order valence-corrected chi connectivity index (χ4v) is 21.5. The van der Waals surface area contributed by atoms with Crippen LogP contribution in [0.15, 0.2) is 510 Å². The van der Waals surface area contributed by atoms with Gasteiger partial charge in [-0.2, -0.15) is 0 Å². The molecule has 656 valence electrons. The first-order valence-corrected chi connectivity index (χ1v) is 47.3. The Morgan fingerprint density at radius 1 is 0.136 bits per heavy atom. The van der Waals surface area contributed by atoms with Gasteiger partial charge in [-0.25, -0.2) is 0 Å². The molecule has 10 nitrogen and oxygen atoms in total. The lowest BCUT2D eigenvalue weighted by molar-refractivity contribution is 0.582. The molecule has 0 aliphatic heterocycles. The average molecular weight is 1800 g/mol. The zero-order valence-corrected chi connectivity index (χ0v) is 75.3. The monoisotopic (exact) mass is 1790 g/mol. The van der Waals surface area contributed by atoms with Gasteiger partial charge in [0.2, 0.25) is 0 Å². The van der Waals surface area contributed by atoms with Gasteiger partial charge in [-0.1, -0.05) is 285 Å². The molecule has 30 rings (SSSR count). The highest BCUT2D eigenvalue weighted by molar-refractivity contribution is 6.22. The Bertz CT molecular complexity index is 10100. The maximum Gasteiger partial charge on any atom is 0.159 e. The van der Waals surface area contributed by atoms with Crippen LogP contribution in [0, 0.1) is 0 Å². The predicted molar refractivity (Wildman–Crippen MR) is 581 cm³/mol. The van der Waals surface area contributed by atoms with Gasteiger partial charge in [0.15, 0.2) is 5.58 Å². The molecule has 0 atom stereocenters. The van der Waals surface area contributed by atoms with E-state index in [1.165, 1.54) is 81.5 Å². The van der Waals surface area contributed by atoms with Crippen molar-refractivity contribution in [1.82, 2.24) is 0 Å². The van der Waals surface area contributed by atoms with Gasteiger partial charge in [0.1, 0.15) is 67.2 Å². The van der Waals surface area contributed by atoms with Crippen molar-refractivity contribution in [2.24, 2.45) is 0 Å². The van der Waals surface area contributed by atoms with Crippen molar-refractivity contribution in [2.45, 2.75) is 0 Å². The van der Waals surface area contributed by atoms with Crippen LogP contribution < -0.4 is 14.7 Å². The van der Waals surface area contributed by atoms with Crippen LogP contribution in [0.2, 0.25) is 0 Å². The number of nitrogens with zero attached hydrogens (tertiary/aromatic N) is 3. The summed E-state index contributed by atoms with van der Waals surface area (Å²) in [5.74, 6) is 0.836. The molecule has 0 unspecified atom stereocenters. The Kier molecular flexibility index (Phi) is 18.5. The van der Waals surface area contributed by atoms with Crippen molar-refractivity contribution in [3.8, 4) is 33.6 Å². The molecule has 0 radical (unpaired) electrons. The zero-order chi connectivity index (χ0) is 92.0. The number of hydrogen-bond donors (Lipinski definition) is 0. The minimum absolute atomic E-state index is 0.823. The van der Waals surface area contributed by atoms with E-state index in [1.54, 1.807) is 6.26 Å². The van der Waals surface area contributed by atoms with Gasteiger partial charge in [0.05, 0.1) is 34.7 Å². The normalized spacial score (nSPS) is 11.9. The molecule has 0 amide bonds. The summed E-state index contributed by atoms with van der Waals surface area (Å²) in [5, 5.41) is 27.5. The van der Waals surface area contributed by atoms with Crippen molar-refractivity contribution in [2.75, 3.05) is 14.7 Å². The average Bonchev–Trinajstić information content (AvgIpc) is 1.40. The minimum atomic E-state index is 0.823. The molecule has 7 heterocycles. The number of rotatable bonds is 12. The molecule has 140 heavy (non-hydrogen) atoms. The Morgan fingerprint density at radius 3 is 0.850 bits per heavy atom. The number of furan rings is 7. The van der Waals surface area contributed by atoms with E-state index in [0.717, 1.165) is 200 Å². The molecule has 7 aromatic heterocycles. The summed E-state index contributed by atoms with van der Waals surface area (Å²) in [7, 11) is 0. The highest BCUT2D eigenvalue weighted by Crippen LogP contribution is 2.52. The lowest BCUT2D eigenvalue weighted by atomic mass is 9.95. The van der Waals surface area contributed by atoms with E-state index in [2.05, 4.69) is 403 Å². The smallest absolute Gasteiger partial charge is 0.159 e. The van der Waals surface area contributed by atoms with Crippen molar-refractivity contribution < 1.29 is 30.9 Å². The van der Waals surface area contributed by atoms with E-state index in [0.29, 0.717) is 0 Å². The summed E-state index contributed by atoms with van der Waals surface area (Å²) >= 11 is 0. The largest absolute Gasteiger partial charge is 0.464 e. The predicted octanol–water partition coefficient (Wildman–Crippen LogP) is 38.4. The lowest BCUT2D eigenvalue weighted by Crippen LogP contribution is -2.11. The second kappa shape index (κ2) is 32.5. The van der Waals surface area contributed by atoms with Crippen LogP contribution in [0.5, 0.6) is 0 Å². The number of fused-ring (bicyclic) bond motifs is 27. The van der Waals surface area contributed by atoms with Gasteiger partial charge < -0.3 is 45.6 Å². The highest BCUT2D eigenvalue weighted by Gasteiger charge is 2.28. The number of benzene rings is 23. The summed E-state index contributed by atoms with van der Waals surface area (Å²) in [5.41, 5.74) is 25.4. The molecule has 0 saturated carbocycles. The lowest BCUT2D eigenvalue weighted by Gasteiger charge is -2.27. The standard InChI is InChI=1S/2C44H27NO2.C42H25NO3/c1-2-11-28(12-3-1)29-21-23-32-30(25-29)26-40(34-14-5-4-13-33(32)34)45(31-22-24-37-35-15-6-8-19-41(35)46-43(37)27-31)39-18-10-17-38-36-16-7-9-20-42(36)47-44(38)39;1-2-10-28(11-3-1)29-18-21-33-30(24-29)25-40(35-13-5-4-12-34(33)35)45(31-19-22-38-36-14-6-8-16-41(36)46-43(38)26-31)32-20-23-39-37-15-7-9-17-42(37)47-44(39)27-32;1-2-9-30-26(8-1)23-37(32-11-4-3-10-31(30)32)43(28-16-18-34-33-12-5-6-13-39(33)45-41(34)24-28)29-17-19-35-36-22-27(38-14-7-21-44-38)15-20-40(36)46-42(35)25-29/h2*1-27H;1-25H.